The molecule has 0 aliphatic heterocycles. The minimum Gasteiger partial charge on any atom is -0.494 e. The second-order valence-electron chi connectivity index (χ2n) is 2.27. The van der Waals surface area contributed by atoms with Crippen molar-refractivity contribution in [3.05, 3.63) is 21.9 Å². The van der Waals surface area contributed by atoms with Gasteiger partial charge in [0, 0.05) is 16.2 Å². The summed E-state index contributed by atoms with van der Waals surface area (Å²) in [4.78, 5) is 14.4. The smallest absolute Gasteiger partial charge is 0.172 e. The van der Waals surface area contributed by atoms with E-state index in [1.54, 1.807) is 6.20 Å². The van der Waals surface area contributed by atoms with Crippen LogP contribution in [-0.2, 0) is 0 Å². The number of aromatic nitrogens is 1. The van der Waals surface area contributed by atoms with Gasteiger partial charge in [-0.3, -0.25) is 4.79 Å². The molecule has 0 fully saturated rings. The fourth-order valence-corrected chi connectivity index (χ4v) is 1.21. The van der Waals surface area contributed by atoms with Gasteiger partial charge in [-0.1, -0.05) is 0 Å². The van der Waals surface area contributed by atoms with Crippen molar-refractivity contribution in [1.82, 2.24) is 4.98 Å². The van der Waals surface area contributed by atoms with Crippen LogP contribution < -0.4 is 4.74 Å². The van der Waals surface area contributed by atoms with Crippen molar-refractivity contribution in [3.8, 4) is 5.75 Å². The molecule has 0 saturated heterocycles. The fourth-order valence-electron chi connectivity index (χ4n) is 0.924. The third kappa shape index (κ3) is 1.48. The molecule has 0 radical (unpaired) electrons. The van der Waals surface area contributed by atoms with E-state index in [4.69, 9.17) is 4.74 Å². The Kier molecular flexibility index (Phi) is 2.81. The van der Waals surface area contributed by atoms with E-state index in [0.717, 1.165) is 10.0 Å². The van der Waals surface area contributed by atoms with Gasteiger partial charge in [-0.25, -0.2) is 4.98 Å². The van der Waals surface area contributed by atoms with Crippen LogP contribution in [0.4, 0.5) is 0 Å². The molecule has 0 bridgehead atoms. The van der Waals surface area contributed by atoms with E-state index in [9.17, 15) is 4.79 Å². The van der Waals surface area contributed by atoms with E-state index in [1.807, 2.05) is 6.92 Å². The van der Waals surface area contributed by atoms with Crippen molar-refractivity contribution in [1.29, 1.82) is 0 Å². The highest BCUT2D eigenvalue weighted by Crippen LogP contribution is 2.26. The normalized spacial score (nSPS) is 9.58. The van der Waals surface area contributed by atoms with Gasteiger partial charge < -0.3 is 4.74 Å². The van der Waals surface area contributed by atoms with Crippen LogP contribution in [0.2, 0.25) is 0 Å². The summed E-state index contributed by atoms with van der Waals surface area (Å²) in [5.74, 6) is 0.527. The van der Waals surface area contributed by atoms with Crippen LogP contribution >= 0.6 is 15.9 Å². The zero-order valence-corrected chi connectivity index (χ0v) is 8.38. The highest BCUT2D eigenvalue weighted by atomic mass is 79.9. The van der Waals surface area contributed by atoms with Crippen molar-refractivity contribution in [2.45, 2.75) is 6.92 Å². The summed E-state index contributed by atoms with van der Waals surface area (Å²) in [7, 11) is 1.52. The molecular weight excluding hydrogens is 222 g/mol. The van der Waals surface area contributed by atoms with Gasteiger partial charge in [0.15, 0.2) is 12.0 Å². The Morgan fingerprint density at radius 2 is 2.33 bits per heavy atom. The van der Waals surface area contributed by atoms with Crippen LogP contribution in [0.25, 0.3) is 0 Å². The van der Waals surface area contributed by atoms with Crippen LogP contribution in [0, 0.1) is 6.92 Å². The molecule has 0 N–H and O–H groups in total. The highest BCUT2D eigenvalue weighted by molar-refractivity contribution is 9.10. The minimum atomic E-state index is 0.332. The second-order valence-corrected chi connectivity index (χ2v) is 3.12. The summed E-state index contributed by atoms with van der Waals surface area (Å²) >= 11 is 3.29. The van der Waals surface area contributed by atoms with Crippen LogP contribution in [0.3, 0.4) is 0 Å². The third-order valence-corrected chi connectivity index (χ3v) is 2.36. The maximum atomic E-state index is 10.5. The summed E-state index contributed by atoms with van der Waals surface area (Å²) < 4.78 is 5.86. The summed E-state index contributed by atoms with van der Waals surface area (Å²) in [6.45, 7) is 1.86. The lowest BCUT2D eigenvalue weighted by Crippen LogP contribution is -1.97. The molecule has 1 rings (SSSR count). The number of pyridine rings is 1. The summed E-state index contributed by atoms with van der Waals surface area (Å²) in [6, 6.07) is 0. The average Bonchev–Trinajstić information content (AvgIpc) is 2.09. The second kappa shape index (κ2) is 3.67. The van der Waals surface area contributed by atoms with Gasteiger partial charge >= 0.3 is 0 Å². The number of nitrogens with zero attached hydrogens (tertiary/aromatic N) is 1. The van der Waals surface area contributed by atoms with Gasteiger partial charge in [-0.2, -0.15) is 0 Å². The Bertz CT molecular complexity index is 312. The van der Waals surface area contributed by atoms with Crippen molar-refractivity contribution >= 4 is 22.2 Å². The first kappa shape index (κ1) is 9.19. The average molecular weight is 230 g/mol. The Balaban J connectivity index is 3.35. The topological polar surface area (TPSA) is 39.2 Å². The molecule has 1 heterocycles. The molecule has 64 valence electrons. The van der Waals surface area contributed by atoms with Crippen LogP contribution in [0.5, 0.6) is 5.75 Å². The zero-order chi connectivity index (χ0) is 9.14. The lowest BCUT2D eigenvalue weighted by Gasteiger charge is -2.06. The monoisotopic (exact) mass is 229 g/mol. The van der Waals surface area contributed by atoms with Gasteiger partial charge in [0.2, 0.25) is 0 Å². The van der Waals surface area contributed by atoms with Crippen LogP contribution in [0.15, 0.2) is 10.7 Å². The first-order chi connectivity index (χ1) is 5.70. The molecule has 0 saturated carbocycles. The van der Waals surface area contributed by atoms with E-state index in [-0.39, 0.29) is 0 Å². The van der Waals surface area contributed by atoms with E-state index in [0.29, 0.717) is 17.7 Å². The Labute approximate surface area is 78.9 Å². The van der Waals surface area contributed by atoms with E-state index in [1.165, 1.54) is 7.11 Å². The van der Waals surface area contributed by atoms with E-state index >= 15 is 0 Å². The number of aldehydes is 1. The lowest BCUT2D eigenvalue weighted by atomic mass is 10.2. The van der Waals surface area contributed by atoms with Gasteiger partial charge in [0.25, 0.3) is 0 Å². The lowest BCUT2D eigenvalue weighted by molar-refractivity contribution is 0.111. The molecule has 4 heteroatoms. The molecule has 0 aliphatic rings. The molecule has 3 nitrogen and oxygen atoms in total. The molecule has 0 spiro atoms. The van der Waals surface area contributed by atoms with Gasteiger partial charge in [-0.05, 0) is 22.9 Å². The number of halogens is 1. The van der Waals surface area contributed by atoms with E-state index in [2.05, 4.69) is 20.9 Å². The molecule has 1 aromatic rings. The van der Waals surface area contributed by atoms with Crippen LogP contribution in [-0.4, -0.2) is 18.4 Å². The number of rotatable bonds is 2. The summed E-state index contributed by atoms with van der Waals surface area (Å²) in [5.41, 5.74) is 1.22. The van der Waals surface area contributed by atoms with Crippen LogP contribution in [0.1, 0.15) is 16.1 Å². The Hall–Kier alpha value is -0.900. The number of methoxy groups -OCH3 is 1. The molecule has 1 aromatic heterocycles. The SMILES string of the molecule is COc1c(C=O)ncc(Br)c1C. The Morgan fingerprint density at radius 3 is 2.83 bits per heavy atom. The first-order valence-corrected chi connectivity index (χ1v) is 4.14. The minimum absolute atomic E-state index is 0.332. The third-order valence-electron chi connectivity index (χ3n) is 1.56. The predicted molar refractivity (Wildman–Crippen MR) is 48.6 cm³/mol. The Morgan fingerprint density at radius 1 is 1.67 bits per heavy atom. The quantitative estimate of drug-likeness (QED) is 0.729. The van der Waals surface area contributed by atoms with Gasteiger partial charge in [-0.15, -0.1) is 0 Å². The first-order valence-electron chi connectivity index (χ1n) is 3.35. The largest absolute Gasteiger partial charge is 0.494 e. The maximum absolute atomic E-state index is 10.5. The number of hydrogen-bond donors (Lipinski definition) is 0. The van der Waals surface area contributed by atoms with E-state index < -0.39 is 0 Å². The summed E-state index contributed by atoms with van der Waals surface area (Å²) in [6.07, 6.45) is 2.26. The van der Waals surface area contributed by atoms with Crippen molar-refractivity contribution in [2.24, 2.45) is 0 Å². The molecule has 12 heavy (non-hydrogen) atoms. The number of hydrogen-bond acceptors (Lipinski definition) is 3. The number of carbonyl (C=O) groups is 1. The summed E-state index contributed by atoms with van der Waals surface area (Å²) in [5, 5.41) is 0. The highest BCUT2D eigenvalue weighted by Gasteiger charge is 2.09. The zero-order valence-electron chi connectivity index (χ0n) is 6.80. The maximum Gasteiger partial charge on any atom is 0.172 e. The van der Waals surface area contributed by atoms with Gasteiger partial charge in [0.05, 0.1) is 7.11 Å². The molecule has 0 aromatic carbocycles. The standard InChI is InChI=1S/C8H8BrNO2/c1-5-6(9)3-10-7(4-11)8(5)12-2/h3-4H,1-2H3. The molecule has 0 amide bonds. The van der Waals surface area contributed by atoms with Crippen molar-refractivity contribution in [3.63, 3.8) is 0 Å². The van der Waals surface area contributed by atoms with Crippen molar-refractivity contribution in [2.75, 3.05) is 7.11 Å². The fraction of sp³-hybridized carbons (Fsp3) is 0.250. The van der Waals surface area contributed by atoms with Gasteiger partial charge in [0.1, 0.15) is 5.69 Å². The van der Waals surface area contributed by atoms with Crippen molar-refractivity contribution < 1.29 is 9.53 Å². The predicted octanol–water partition coefficient (Wildman–Crippen LogP) is 1.97. The molecular formula is C8H8BrNO2. The molecule has 0 atom stereocenters. The number of carbonyl (C=O) groups excluding carboxylic acids is 1. The molecule has 0 aliphatic carbocycles. The molecule has 0 unspecified atom stereocenters. The number of ether oxygens (including phenoxy) is 1.